The van der Waals surface area contributed by atoms with Gasteiger partial charge in [-0.25, -0.2) is 0 Å². The van der Waals surface area contributed by atoms with Crippen LogP contribution in [0.5, 0.6) is 5.75 Å². The highest BCUT2D eigenvalue weighted by Crippen LogP contribution is 2.18. The number of carbonyl (C=O) groups is 2. The lowest BCUT2D eigenvalue weighted by atomic mass is 9.95. The van der Waals surface area contributed by atoms with Crippen LogP contribution in [0.2, 0.25) is 0 Å². The first-order valence-electron chi connectivity index (χ1n) is 9.60. The van der Waals surface area contributed by atoms with Crippen molar-refractivity contribution in [2.75, 3.05) is 26.2 Å². The molecule has 144 valence electrons. The molecule has 1 heterocycles. The molecule has 3 N–H and O–H groups in total. The molecule has 26 heavy (non-hydrogen) atoms. The van der Waals surface area contributed by atoms with E-state index in [1.807, 2.05) is 30.3 Å². The van der Waals surface area contributed by atoms with E-state index in [1.165, 1.54) is 0 Å². The summed E-state index contributed by atoms with van der Waals surface area (Å²) in [4.78, 5) is 26.5. The van der Waals surface area contributed by atoms with Crippen molar-refractivity contribution in [3.63, 3.8) is 0 Å². The molecule has 0 bridgehead atoms. The second-order valence-electron chi connectivity index (χ2n) is 6.84. The number of hydrogen-bond acceptors (Lipinski definition) is 4. The number of benzene rings is 1. The van der Waals surface area contributed by atoms with Crippen molar-refractivity contribution in [2.24, 2.45) is 11.7 Å². The monoisotopic (exact) mass is 361 g/mol. The van der Waals surface area contributed by atoms with Crippen molar-refractivity contribution in [1.29, 1.82) is 0 Å². The van der Waals surface area contributed by atoms with Crippen LogP contribution in [0.1, 0.15) is 39.0 Å². The van der Waals surface area contributed by atoms with Crippen molar-refractivity contribution in [3.05, 3.63) is 30.3 Å². The van der Waals surface area contributed by atoms with E-state index in [1.54, 1.807) is 4.90 Å². The average Bonchev–Trinajstić information content (AvgIpc) is 2.70. The molecular formula is C20H31N3O3. The number of hydrogen-bond donors (Lipinski definition) is 2. The lowest BCUT2D eigenvalue weighted by molar-refractivity contribution is -0.137. The van der Waals surface area contributed by atoms with Gasteiger partial charge in [0.1, 0.15) is 5.75 Å². The third-order valence-corrected chi connectivity index (χ3v) is 4.86. The molecule has 0 spiro atoms. The zero-order valence-corrected chi connectivity index (χ0v) is 15.7. The normalized spacial score (nSPS) is 16.2. The molecule has 1 unspecified atom stereocenters. The van der Waals surface area contributed by atoms with Crippen molar-refractivity contribution >= 4 is 11.8 Å². The van der Waals surface area contributed by atoms with Crippen LogP contribution in [0.15, 0.2) is 30.3 Å². The second kappa shape index (κ2) is 10.8. The minimum atomic E-state index is -0.0373. The average molecular weight is 361 g/mol. The standard InChI is InChI=1S/C20H31N3O3/c1-2-3-7-17(14-21)22-20(25)16-10-12-23(13-11-16)19(24)15-26-18-8-5-4-6-9-18/h4-6,8-9,16-17H,2-3,7,10-15,21H2,1H3,(H,22,25). The zero-order chi connectivity index (χ0) is 18.8. The summed E-state index contributed by atoms with van der Waals surface area (Å²) in [6.45, 7) is 3.82. The van der Waals surface area contributed by atoms with Crippen LogP contribution >= 0.6 is 0 Å². The maximum absolute atomic E-state index is 12.4. The van der Waals surface area contributed by atoms with Crippen molar-refractivity contribution in [3.8, 4) is 5.75 Å². The molecule has 1 atom stereocenters. The lowest BCUT2D eigenvalue weighted by Crippen LogP contribution is -2.47. The quantitative estimate of drug-likeness (QED) is 0.704. The number of rotatable bonds is 9. The molecular weight excluding hydrogens is 330 g/mol. The summed E-state index contributed by atoms with van der Waals surface area (Å²) >= 11 is 0. The highest BCUT2D eigenvalue weighted by Gasteiger charge is 2.28. The molecule has 6 nitrogen and oxygen atoms in total. The number of amides is 2. The number of unbranched alkanes of at least 4 members (excludes halogenated alkanes) is 1. The summed E-state index contributed by atoms with van der Waals surface area (Å²) in [5.74, 6) is 0.694. The molecule has 0 radical (unpaired) electrons. The fraction of sp³-hybridized carbons (Fsp3) is 0.600. The Balaban J connectivity index is 1.72. The van der Waals surface area contributed by atoms with Gasteiger partial charge in [0.05, 0.1) is 0 Å². The molecule has 1 saturated heterocycles. The third kappa shape index (κ3) is 6.33. The van der Waals surface area contributed by atoms with Gasteiger partial charge in [-0.05, 0) is 31.4 Å². The summed E-state index contributed by atoms with van der Waals surface area (Å²) in [6, 6.07) is 9.37. The van der Waals surface area contributed by atoms with Gasteiger partial charge in [-0.2, -0.15) is 0 Å². The Morgan fingerprint density at radius 1 is 1.27 bits per heavy atom. The molecule has 1 aromatic rings. The van der Waals surface area contributed by atoms with E-state index in [0.717, 1.165) is 19.3 Å². The molecule has 0 aliphatic carbocycles. The van der Waals surface area contributed by atoms with Gasteiger partial charge < -0.3 is 20.7 Å². The van der Waals surface area contributed by atoms with E-state index in [4.69, 9.17) is 10.5 Å². The highest BCUT2D eigenvalue weighted by atomic mass is 16.5. The Hall–Kier alpha value is -2.08. The molecule has 1 aliphatic heterocycles. The van der Waals surface area contributed by atoms with Crippen molar-refractivity contribution in [2.45, 2.75) is 45.1 Å². The first-order chi connectivity index (χ1) is 12.6. The summed E-state index contributed by atoms with van der Waals surface area (Å²) in [7, 11) is 0. The van der Waals surface area contributed by atoms with Crippen LogP contribution < -0.4 is 15.8 Å². The van der Waals surface area contributed by atoms with Gasteiger partial charge in [0.15, 0.2) is 6.61 Å². The van der Waals surface area contributed by atoms with Crippen LogP contribution in [0.4, 0.5) is 0 Å². The van der Waals surface area contributed by atoms with E-state index in [2.05, 4.69) is 12.2 Å². The number of piperidine rings is 1. The van der Waals surface area contributed by atoms with Crippen LogP contribution in [0, 0.1) is 5.92 Å². The maximum atomic E-state index is 12.4. The molecule has 1 aliphatic rings. The molecule has 1 fully saturated rings. The molecule has 6 heteroatoms. The molecule has 2 rings (SSSR count). The number of ether oxygens (including phenoxy) is 1. The number of para-hydroxylation sites is 1. The van der Waals surface area contributed by atoms with Gasteiger partial charge in [-0.1, -0.05) is 38.0 Å². The van der Waals surface area contributed by atoms with E-state index < -0.39 is 0 Å². The number of nitrogens with one attached hydrogen (secondary N) is 1. The smallest absolute Gasteiger partial charge is 0.260 e. The number of likely N-dealkylation sites (tertiary alicyclic amines) is 1. The lowest BCUT2D eigenvalue weighted by Gasteiger charge is -2.32. The Morgan fingerprint density at radius 2 is 1.96 bits per heavy atom. The topological polar surface area (TPSA) is 84.7 Å². The van der Waals surface area contributed by atoms with Crippen LogP contribution in [0.25, 0.3) is 0 Å². The third-order valence-electron chi connectivity index (χ3n) is 4.86. The molecule has 1 aromatic carbocycles. The minimum Gasteiger partial charge on any atom is -0.484 e. The Kier molecular flexibility index (Phi) is 8.41. The predicted molar refractivity (Wildman–Crippen MR) is 102 cm³/mol. The zero-order valence-electron chi connectivity index (χ0n) is 15.7. The van der Waals surface area contributed by atoms with Crippen LogP contribution in [-0.2, 0) is 9.59 Å². The van der Waals surface area contributed by atoms with E-state index in [-0.39, 0.29) is 30.4 Å². The summed E-state index contributed by atoms with van der Waals surface area (Å²) in [5.41, 5.74) is 5.75. The van der Waals surface area contributed by atoms with Crippen LogP contribution in [-0.4, -0.2) is 49.0 Å². The minimum absolute atomic E-state index is 0.0320. The van der Waals surface area contributed by atoms with Gasteiger partial charge in [0.2, 0.25) is 5.91 Å². The van der Waals surface area contributed by atoms with Crippen molar-refractivity contribution < 1.29 is 14.3 Å². The van der Waals surface area contributed by atoms with Gasteiger partial charge in [0.25, 0.3) is 5.91 Å². The fourth-order valence-electron chi connectivity index (χ4n) is 3.16. The first kappa shape index (κ1) is 20.2. The van der Waals surface area contributed by atoms with Gasteiger partial charge in [-0.3, -0.25) is 9.59 Å². The van der Waals surface area contributed by atoms with Crippen molar-refractivity contribution in [1.82, 2.24) is 10.2 Å². The fourth-order valence-corrected chi connectivity index (χ4v) is 3.16. The first-order valence-corrected chi connectivity index (χ1v) is 9.60. The summed E-state index contributed by atoms with van der Waals surface area (Å²) in [6.07, 6.45) is 4.46. The number of nitrogens with two attached hydrogens (primary N) is 1. The summed E-state index contributed by atoms with van der Waals surface area (Å²) in [5, 5.41) is 3.07. The van der Waals surface area contributed by atoms with Gasteiger partial charge in [-0.15, -0.1) is 0 Å². The largest absolute Gasteiger partial charge is 0.484 e. The second-order valence-corrected chi connectivity index (χ2v) is 6.84. The Bertz CT molecular complexity index is 557. The van der Waals surface area contributed by atoms with E-state index in [9.17, 15) is 9.59 Å². The molecule has 0 aromatic heterocycles. The number of nitrogens with zero attached hydrogens (tertiary/aromatic N) is 1. The maximum Gasteiger partial charge on any atom is 0.260 e. The van der Waals surface area contributed by atoms with Crippen LogP contribution in [0.3, 0.4) is 0 Å². The highest BCUT2D eigenvalue weighted by molar-refractivity contribution is 5.80. The SMILES string of the molecule is CCCCC(CN)NC(=O)C1CCN(C(=O)COc2ccccc2)CC1. The number of carbonyl (C=O) groups excluding carboxylic acids is 2. The van der Waals surface area contributed by atoms with Gasteiger partial charge >= 0.3 is 0 Å². The van der Waals surface area contributed by atoms with E-state index in [0.29, 0.717) is 38.2 Å². The predicted octanol–water partition coefficient (Wildman–Crippen LogP) is 1.94. The summed E-state index contributed by atoms with van der Waals surface area (Å²) < 4.78 is 5.52. The van der Waals surface area contributed by atoms with Gasteiger partial charge in [0, 0.05) is 31.6 Å². The Labute approximate surface area is 156 Å². The molecule has 2 amide bonds. The molecule has 0 saturated carbocycles. The van der Waals surface area contributed by atoms with E-state index >= 15 is 0 Å². The Morgan fingerprint density at radius 3 is 2.58 bits per heavy atom.